The highest BCUT2D eigenvalue weighted by molar-refractivity contribution is 7.99. The van der Waals surface area contributed by atoms with Crippen LogP contribution < -0.4 is 5.32 Å². The van der Waals surface area contributed by atoms with Crippen LogP contribution in [0.2, 0.25) is 0 Å². The van der Waals surface area contributed by atoms with Gasteiger partial charge in [-0.2, -0.15) is 5.26 Å². The zero-order chi connectivity index (χ0) is 17.5. The summed E-state index contributed by atoms with van der Waals surface area (Å²) in [7, 11) is 0. The minimum absolute atomic E-state index is 0.106. The van der Waals surface area contributed by atoms with Crippen LogP contribution in [0.3, 0.4) is 0 Å². The lowest BCUT2D eigenvalue weighted by molar-refractivity contribution is -0.115. The molecule has 1 amide bonds. The van der Waals surface area contributed by atoms with Crippen molar-refractivity contribution in [3.05, 3.63) is 66.5 Å². The summed E-state index contributed by atoms with van der Waals surface area (Å²) < 4.78 is 1.70. The number of aromatic nitrogens is 3. The number of amides is 1. The summed E-state index contributed by atoms with van der Waals surface area (Å²) in [5.41, 5.74) is 2.08. The van der Waals surface area contributed by atoms with Gasteiger partial charge in [0.05, 0.1) is 17.3 Å². The van der Waals surface area contributed by atoms with E-state index < -0.39 is 0 Å². The van der Waals surface area contributed by atoms with Gasteiger partial charge < -0.3 is 5.32 Å². The molecule has 0 aliphatic rings. The normalized spacial score (nSPS) is 10.2. The van der Waals surface area contributed by atoms with E-state index in [-0.39, 0.29) is 5.91 Å². The summed E-state index contributed by atoms with van der Waals surface area (Å²) >= 11 is 1.43. The van der Waals surface area contributed by atoms with Crippen molar-refractivity contribution in [3.63, 3.8) is 0 Å². The summed E-state index contributed by atoms with van der Waals surface area (Å²) in [6, 6.07) is 18.6. The largest absolute Gasteiger partial charge is 0.326 e. The van der Waals surface area contributed by atoms with E-state index >= 15 is 0 Å². The number of nitrogens with zero attached hydrogens (tertiary/aromatic N) is 4. The Hall–Kier alpha value is -3.11. The van der Waals surface area contributed by atoms with Gasteiger partial charge in [-0.1, -0.05) is 36.0 Å². The lowest BCUT2D eigenvalue weighted by atomic mass is 10.2. The number of thioether (sulfide) groups is 1. The van der Waals surface area contributed by atoms with Crippen LogP contribution in [-0.4, -0.2) is 26.4 Å². The van der Waals surface area contributed by atoms with Crippen LogP contribution in [0.25, 0.3) is 5.69 Å². The van der Waals surface area contributed by atoms with Gasteiger partial charge in [-0.3, -0.25) is 4.79 Å². The molecular formula is C18H15N5OS. The van der Waals surface area contributed by atoms with Crippen LogP contribution in [0.1, 0.15) is 12.0 Å². The number of para-hydroxylation sites is 1. The fraction of sp³-hybridized carbons (Fsp3) is 0.111. The van der Waals surface area contributed by atoms with Gasteiger partial charge in [0.15, 0.2) is 0 Å². The first-order valence-corrected chi connectivity index (χ1v) is 8.63. The summed E-state index contributed by atoms with van der Waals surface area (Å²) in [6.07, 6.45) is 1.99. The van der Waals surface area contributed by atoms with Crippen molar-refractivity contribution < 1.29 is 4.79 Å². The molecular weight excluding hydrogens is 334 g/mol. The molecule has 25 heavy (non-hydrogen) atoms. The van der Waals surface area contributed by atoms with Crippen LogP contribution in [0.4, 0.5) is 5.69 Å². The molecule has 0 bridgehead atoms. The zero-order valence-corrected chi connectivity index (χ0v) is 14.1. The van der Waals surface area contributed by atoms with Gasteiger partial charge in [0.25, 0.3) is 0 Å². The number of hydrogen-bond donors (Lipinski definition) is 1. The molecule has 0 aliphatic carbocycles. The molecule has 124 valence electrons. The van der Waals surface area contributed by atoms with Gasteiger partial charge in [-0.05, 0) is 30.3 Å². The van der Waals surface area contributed by atoms with Gasteiger partial charge in [-0.25, -0.2) is 9.67 Å². The third kappa shape index (κ3) is 4.68. The maximum Gasteiger partial charge on any atom is 0.225 e. The molecule has 0 saturated carbocycles. The molecule has 2 aromatic carbocycles. The molecule has 1 aromatic heterocycles. The van der Waals surface area contributed by atoms with Crippen molar-refractivity contribution in [1.29, 1.82) is 5.26 Å². The minimum Gasteiger partial charge on any atom is -0.326 e. The van der Waals surface area contributed by atoms with Crippen molar-refractivity contribution in [1.82, 2.24) is 14.8 Å². The standard InChI is InChI=1S/C18H15N5OS/c19-12-14-5-4-6-15(11-14)21-17(24)9-10-25-18-20-13-23(22-18)16-7-2-1-3-8-16/h1-8,11,13H,9-10H2,(H,21,24). The smallest absolute Gasteiger partial charge is 0.225 e. The predicted molar refractivity (Wildman–Crippen MR) is 96.5 cm³/mol. The molecule has 0 unspecified atom stereocenters. The maximum absolute atomic E-state index is 12.0. The van der Waals surface area contributed by atoms with Gasteiger partial charge in [0, 0.05) is 17.9 Å². The van der Waals surface area contributed by atoms with Gasteiger partial charge in [-0.15, -0.1) is 5.10 Å². The second kappa shape index (κ2) is 8.13. The van der Waals surface area contributed by atoms with E-state index in [1.807, 2.05) is 36.4 Å². The number of carbonyl (C=O) groups excluding carboxylic acids is 1. The quantitative estimate of drug-likeness (QED) is 0.691. The Labute approximate surface area is 149 Å². The fourth-order valence-electron chi connectivity index (χ4n) is 2.14. The van der Waals surface area contributed by atoms with E-state index in [1.54, 1.807) is 35.3 Å². The topological polar surface area (TPSA) is 83.6 Å². The predicted octanol–water partition coefficient (Wildman–Crippen LogP) is 3.26. The number of anilines is 1. The molecule has 0 atom stereocenters. The molecule has 7 heteroatoms. The van der Waals surface area contributed by atoms with Crippen molar-refractivity contribution in [2.24, 2.45) is 0 Å². The highest BCUT2D eigenvalue weighted by Crippen LogP contribution is 2.16. The number of benzene rings is 2. The Morgan fingerprint density at radius 1 is 1.20 bits per heavy atom. The first kappa shape index (κ1) is 16.7. The van der Waals surface area contributed by atoms with Gasteiger partial charge >= 0.3 is 0 Å². The first-order valence-electron chi connectivity index (χ1n) is 7.64. The zero-order valence-electron chi connectivity index (χ0n) is 13.3. The Morgan fingerprint density at radius 2 is 2.04 bits per heavy atom. The molecule has 6 nitrogen and oxygen atoms in total. The highest BCUT2D eigenvalue weighted by atomic mass is 32.2. The van der Waals surface area contributed by atoms with E-state index in [1.165, 1.54) is 11.8 Å². The van der Waals surface area contributed by atoms with E-state index in [4.69, 9.17) is 5.26 Å². The molecule has 1 heterocycles. The number of nitrogens with one attached hydrogen (secondary N) is 1. The second-order valence-corrected chi connectivity index (χ2v) is 6.21. The van der Waals surface area contributed by atoms with Crippen LogP contribution >= 0.6 is 11.8 Å². The molecule has 3 rings (SSSR count). The Balaban J connectivity index is 1.49. The fourth-order valence-corrected chi connectivity index (χ4v) is 2.88. The van der Waals surface area contributed by atoms with Gasteiger partial charge in [0.1, 0.15) is 6.33 Å². The third-order valence-electron chi connectivity index (χ3n) is 3.33. The van der Waals surface area contributed by atoms with Crippen LogP contribution in [0, 0.1) is 11.3 Å². The van der Waals surface area contributed by atoms with Crippen molar-refractivity contribution in [2.75, 3.05) is 11.1 Å². The lowest BCUT2D eigenvalue weighted by Crippen LogP contribution is -2.12. The molecule has 0 saturated heterocycles. The molecule has 1 N–H and O–H groups in total. The van der Waals surface area contributed by atoms with Gasteiger partial charge in [0.2, 0.25) is 11.1 Å². The highest BCUT2D eigenvalue weighted by Gasteiger charge is 2.07. The molecule has 0 spiro atoms. The van der Waals surface area contributed by atoms with Crippen molar-refractivity contribution >= 4 is 23.4 Å². The van der Waals surface area contributed by atoms with Crippen LogP contribution in [0.5, 0.6) is 0 Å². The monoisotopic (exact) mass is 349 g/mol. The summed E-state index contributed by atoms with van der Waals surface area (Å²) in [5, 5.41) is 16.7. The molecule has 0 aliphatic heterocycles. The number of carbonyl (C=O) groups is 1. The SMILES string of the molecule is N#Cc1cccc(NC(=O)CCSc2ncn(-c3ccccc3)n2)c1. The van der Waals surface area contributed by atoms with Crippen molar-refractivity contribution in [3.8, 4) is 11.8 Å². The maximum atomic E-state index is 12.0. The first-order chi connectivity index (χ1) is 12.2. The number of rotatable bonds is 6. The summed E-state index contributed by atoms with van der Waals surface area (Å²) in [6.45, 7) is 0. The van der Waals surface area contributed by atoms with E-state index in [2.05, 4.69) is 15.4 Å². The lowest BCUT2D eigenvalue weighted by Gasteiger charge is -2.04. The molecule has 0 radical (unpaired) electrons. The summed E-state index contributed by atoms with van der Waals surface area (Å²) in [4.78, 5) is 16.2. The third-order valence-corrected chi connectivity index (χ3v) is 4.18. The van der Waals surface area contributed by atoms with Crippen LogP contribution in [0.15, 0.2) is 66.1 Å². The van der Waals surface area contributed by atoms with E-state index in [0.717, 1.165) is 5.69 Å². The van der Waals surface area contributed by atoms with E-state index in [9.17, 15) is 4.79 Å². The average Bonchev–Trinajstić information content (AvgIpc) is 3.11. The van der Waals surface area contributed by atoms with Crippen LogP contribution in [-0.2, 0) is 4.79 Å². The summed E-state index contributed by atoms with van der Waals surface area (Å²) in [5.74, 6) is 0.466. The average molecular weight is 349 g/mol. The Bertz CT molecular complexity index is 901. The number of hydrogen-bond acceptors (Lipinski definition) is 5. The number of nitriles is 1. The second-order valence-electron chi connectivity index (χ2n) is 5.15. The Morgan fingerprint density at radius 3 is 2.84 bits per heavy atom. The van der Waals surface area contributed by atoms with Crippen molar-refractivity contribution in [2.45, 2.75) is 11.6 Å². The molecule has 3 aromatic rings. The Kier molecular flexibility index (Phi) is 5.44. The molecule has 0 fully saturated rings. The minimum atomic E-state index is -0.106. The van der Waals surface area contributed by atoms with E-state index in [0.29, 0.717) is 28.6 Å².